The molecule has 1 spiro atoms. The molecule has 0 aliphatic carbocycles. The third-order valence-electron chi connectivity index (χ3n) is 5.52. The van der Waals surface area contributed by atoms with E-state index in [9.17, 15) is 0 Å². The molecule has 1 aromatic heterocycles. The number of fused-ring (bicyclic) bond motifs is 1. The van der Waals surface area contributed by atoms with Gasteiger partial charge >= 0.3 is 0 Å². The van der Waals surface area contributed by atoms with E-state index in [4.69, 9.17) is 18.9 Å². The van der Waals surface area contributed by atoms with Crippen molar-refractivity contribution in [2.24, 2.45) is 0 Å². The Morgan fingerprint density at radius 1 is 1.15 bits per heavy atom. The largest absolute Gasteiger partial charge is 0.454 e. The average molecular weight is 368 g/mol. The van der Waals surface area contributed by atoms with Crippen molar-refractivity contribution in [2.75, 3.05) is 26.5 Å². The Bertz CT molecular complexity index is 792. The molecular formula is C21H24N2O4. The number of pyridine rings is 1. The van der Waals surface area contributed by atoms with Gasteiger partial charge in [-0.15, -0.1) is 0 Å². The van der Waals surface area contributed by atoms with Gasteiger partial charge < -0.3 is 18.9 Å². The van der Waals surface area contributed by atoms with Crippen LogP contribution in [0.1, 0.15) is 24.0 Å². The molecule has 1 aromatic carbocycles. The van der Waals surface area contributed by atoms with E-state index in [1.165, 1.54) is 5.56 Å². The number of likely N-dealkylation sites (tertiary alicyclic amines) is 1. The SMILES string of the molecule is c1cncc(CO[C@@H]2CCOC3(C2)CN(Cc2ccc4c(c2)OCO4)C3)c1. The van der Waals surface area contributed by atoms with Gasteiger partial charge in [0, 0.05) is 45.1 Å². The van der Waals surface area contributed by atoms with Crippen LogP contribution in [0.2, 0.25) is 0 Å². The summed E-state index contributed by atoms with van der Waals surface area (Å²) in [5.41, 5.74) is 2.32. The first-order valence-electron chi connectivity index (χ1n) is 9.53. The Morgan fingerprint density at radius 3 is 2.96 bits per heavy atom. The summed E-state index contributed by atoms with van der Waals surface area (Å²) in [6.45, 7) is 4.52. The van der Waals surface area contributed by atoms with Crippen molar-refractivity contribution in [1.29, 1.82) is 0 Å². The molecule has 142 valence electrons. The number of ether oxygens (including phenoxy) is 4. The van der Waals surface area contributed by atoms with Crippen molar-refractivity contribution < 1.29 is 18.9 Å². The van der Waals surface area contributed by atoms with Crippen LogP contribution >= 0.6 is 0 Å². The third kappa shape index (κ3) is 3.65. The second-order valence-electron chi connectivity index (χ2n) is 7.65. The van der Waals surface area contributed by atoms with Gasteiger partial charge in [-0.2, -0.15) is 0 Å². The molecule has 0 unspecified atom stereocenters. The molecule has 6 heteroatoms. The van der Waals surface area contributed by atoms with Crippen molar-refractivity contribution in [2.45, 2.75) is 37.7 Å². The van der Waals surface area contributed by atoms with Crippen LogP contribution in [-0.2, 0) is 22.6 Å². The summed E-state index contributed by atoms with van der Waals surface area (Å²) in [6.07, 6.45) is 5.84. The van der Waals surface area contributed by atoms with Gasteiger partial charge in [0.15, 0.2) is 11.5 Å². The Morgan fingerprint density at radius 2 is 2.07 bits per heavy atom. The van der Waals surface area contributed by atoms with Crippen molar-refractivity contribution >= 4 is 0 Å². The highest BCUT2D eigenvalue weighted by molar-refractivity contribution is 5.44. The van der Waals surface area contributed by atoms with Gasteiger partial charge in [-0.25, -0.2) is 0 Å². The van der Waals surface area contributed by atoms with Crippen LogP contribution in [-0.4, -0.2) is 48.1 Å². The van der Waals surface area contributed by atoms with Gasteiger partial charge in [-0.1, -0.05) is 12.1 Å². The first-order valence-corrected chi connectivity index (χ1v) is 9.53. The quantitative estimate of drug-likeness (QED) is 0.809. The standard InChI is InChI=1S/C21H24N2O4/c1-2-17(10-22-6-1)12-24-18-5-7-27-21(9-18)13-23(14-21)11-16-3-4-19-20(8-16)26-15-25-19/h1-4,6,8,10,18H,5,7,9,11-15H2/t18-/m1/s1. The van der Waals surface area contributed by atoms with E-state index in [2.05, 4.69) is 28.1 Å². The number of hydrogen-bond acceptors (Lipinski definition) is 6. The molecule has 2 aromatic rings. The maximum atomic E-state index is 6.15. The first kappa shape index (κ1) is 17.0. The fourth-order valence-electron chi connectivity index (χ4n) is 4.22. The Kier molecular flexibility index (Phi) is 4.47. The summed E-state index contributed by atoms with van der Waals surface area (Å²) in [7, 11) is 0. The zero-order valence-corrected chi connectivity index (χ0v) is 15.3. The molecular weight excluding hydrogens is 344 g/mol. The van der Waals surface area contributed by atoms with Gasteiger partial charge in [0.1, 0.15) is 0 Å². The molecule has 5 rings (SSSR count). The molecule has 3 aliphatic heterocycles. The molecule has 0 amide bonds. The zero-order valence-electron chi connectivity index (χ0n) is 15.3. The lowest BCUT2D eigenvalue weighted by Crippen LogP contribution is -2.65. The molecule has 1 atom stereocenters. The molecule has 0 bridgehead atoms. The van der Waals surface area contributed by atoms with E-state index in [1.54, 1.807) is 6.20 Å². The number of nitrogens with zero attached hydrogens (tertiary/aromatic N) is 2. The lowest BCUT2D eigenvalue weighted by molar-refractivity contribution is -0.200. The summed E-state index contributed by atoms with van der Waals surface area (Å²) >= 11 is 0. The Hall–Kier alpha value is -2.15. The number of aromatic nitrogens is 1. The third-order valence-corrected chi connectivity index (χ3v) is 5.52. The second-order valence-corrected chi connectivity index (χ2v) is 7.65. The minimum Gasteiger partial charge on any atom is -0.454 e. The van der Waals surface area contributed by atoms with Crippen molar-refractivity contribution in [3.05, 3.63) is 53.9 Å². The van der Waals surface area contributed by atoms with Gasteiger partial charge in [-0.05, 0) is 35.7 Å². The number of benzene rings is 1. The molecule has 3 aliphatic rings. The van der Waals surface area contributed by atoms with E-state index in [0.29, 0.717) is 13.4 Å². The minimum absolute atomic E-state index is 0.0474. The van der Waals surface area contributed by atoms with E-state index >= 15 is 0 Å². The van der Waals surface area contributed by atoms with Crippen LogP contribution in [0.15, 0.2) is 42.7 Å². The monoisotopic (exact) mass is 368 g/mol. The highest BCUT2D eigenvalue weighted by atomic mass is 16.7. The topological polar surface area (TPSA) is 53.1 Å². The molecule has 0 N–H and O–H groups in total. The van der Waals surface area contributed by atoms with Crippen LogP contribution in [0.25, 0.3) is 0 Å². The summed E-state index contributed by atoms with van der Waals surface area (Å²) in [5.74, 6) is 1.68. The molecule has 0 radical (unpaired) electrons. The van der Waals surface area contributed by atoms with Crippen LogP contribution in [0, 0.1) is 0 Å². The predicted octanol–water partition coefficient (Wildman–Crippen LogP) is 2.76. The Labute approximate surface area is 159 Å². The lowest BCUT2D eigenvalue weighted by atomic mass is 9.84. The molecule has 27 heavy (non-hydrogen) atoms. The van der Waals surface area contributed by atoms with Crippen molar-refractivity contribution in [3.8, 4) is 11.5 Å². The van der Waals surface area contributed by atoms with E-state index in [0.717, 1.165) is 56.1 Å². The first-order chi connectivity index (χ1) is 13.3. The summed E-state index contributed by atoms with van der Waals surface area (Å²) in [5, 5.41) is 0. The predicted molar refractivity (Wildman–Crippen MR) is 98.6 cm³/mol. The molecule has 4 heterocycles. The van der Waals surface area contributed by atoms with E-state index in [1.807, 2.05) is 18.3 Å². The number of rotatable bonds is 5. The molecule has 6 nitrogen and oxygen atoms in total. The zero-order chi connectivity index (χ0) is 18.1. The maximum Gasteiger partial charge on any atom is 0.231 e. The van der Waals surface area contributed by atoms with E-state index < -0.39 is 0 Å². The smallest absolute Gasteiger partial charge is 0.231 e. The summed E-state index contributed by atoms with van der Waals surface area (Å²) in [6, 6.07) is 10.2. The normalized spacial score (nSPS) is 23.3. The molecule has 2 fully saturated rings. The van der Waals surface area contributed by atoms with Crippen LogP contribution in [0.3, 0.4) is 0 Å². The summed E-state index contributed by atoms with van der Waals surface area (Å²) < 4.78 is 23.1. The van der Waals surface area contributed by atoms with Crippen LogP contribution in [0.5, 0.6) is 11.5 Å². The summed E-state index contributed by atoms with van der Waals surface area (Å²) in [4.78, 5) is 6.57. The lowest BCUT2D eigenvalue weighted by Gasteiger charge is -2.53. The fourth-order valence-corrected chi connectivity index (χ4v) is 4.22. The van der Waals surface area contributed by atoms with Gasteiger partial charge in [0.25, 0.3) is 0 Å². The minimum atomic E-state index is -0.0474. The fraction of sp³-hybridized carbons (Fsp3) is 0.476. The average Bonchev–Trinajstić information content (AvgIpc) is 3.14. The maximum absolute atomic E-state index is 6.15. The highest BCUT2D eigenvalue weighted by Crippen LogP contribution is 2.38. The van der Waals surface area contributed by atoms with Crippen LogP contribution < -0.4 is 9.47 Å². The van der Waals surface area contributed by atoms with Gasteiger partial charge in [0.2, 0.25) is 6.79 Å². The molecule has 2 saturated heterocycles. The Balaban J connectivity index is 1.13. The van der Waals surface area contributed by atoms with Crippen molar-refractivity contribution in [1.82, 2.24) is 9.88 Å². The van der Waals surface area contributed by atoms with E-state index in [-0.39, 0.29) is 11.7 Å². The number of hydrogen-bond donors (Lipinski definition) is 0. The molecule has 0 saturated carbocycles. The second kappa shape index (κ2) is 7.11. The van der Waals surface area contributed by atoms with Gasteiger partial charge in [-0.3, -0.25) is 9.88 Å². The van der Waals surface area contributed by atoms with Crippen molar-refractivity contribution in [3.63, 3.8) is 0 Å². The highest BCUT2D eigenvalue weighted by Gasteiger charge is 2.47. The van der Waals surface area contributed by atoms with Gasteiger partial charge in [0.05, 0.1) is 18.3 Å². The van der Waals surface area contributed by atoms with Crippen LogP contribution in [0.4, 0.5) is 0 Å².